The van der Waals surface area contributed by atoms with E-state index in [-0.39, 0.29) is 26.0 Å². The van der Waals surface area contributed by atoms with E-state index in [1.807, 2.05) is 0 Å². The van der Waals surface area contributed by atoms with Crippen LogP contribution in [-0.2, 0) is 4.74 Å². The summed E-state index contributed by atoms with van der Waals surface area (Å²) < 4.78 is 32.4. The number of pyridine rings is 2. The number of carbonyl (C=O) groups excluding carboxylic acids is 1. The van der Waals surface area contributed by atoms with E-state index in [1.54, 1.807) is 36.4 Å². The Balaban J connectivity index is 2.03. The maximum Gasteiger partial charge on any atom is 0.341 e. The molecule has 0 N–H and O–H groups in total. The van der Waals surface area contributed by atoms with Crippen LogP contribution in [0.2, 0.25) is 0 Å². The molecule has 0 unspecified atom stereocenters. The fourth-order valence-electron chi connectivity index (χ4n) is 2.88. The normalized spacial score (nSPS) is 17.5. The Morgan fingerprint density at radius 1 is 1.38 bits per heavy atom. The zero-order chi connectivity index (χ0) is 17.2. The number of hydrogen-bond acceptors (Lipinski definition) is 5. The number of anilines is 1. The Labute approximate surface area is 138 Å². The predicted molar refractivity (Wildman–Crippen MR) is 86.5 cm³/mol. The number of fused-ring (bicyclic) bond motifs is 1. The minimum atomic E-state index is -2.67. The number of aromatic nitrogens is 2. The van der Waals surface area contributed by atoms with E-state index in [9.17, 15) is 13.6 Å². The molecule has 1 aliphatic rings. The molecule has 0 atom stereocenters. The van der Waals surface area contributed by atoms with Gasteiger partial charge >= 0.3 is 5.97 Å². The first-order valence-electron chi connectivity index (χ1n) is 8.05. The number of halogens is 2. The van der Waals surface area contributed by atoms with E-state index < -0.39 is 11.9 Å². The van der Waals surface area contributed by atoms with E-state index in [4.69, 9.17) is 4.74 Å². The van der Waals surface area contributed by atoms with Gasteiger partial charge in [-0.1, -0.05) is 0 Å². The topological polar surface area (TPSA) is 55.3 Å². The summed E-state index contributed by atoms with van der Waals surface area (Å²) in [5, 5.41) is 0.712. The SMILES string of the molecule is CCOC(=O)c1cc2cnccc2nc1N1CCCC(F)(F)CC1. The van der Waals surface area contributed by atoms with Crippen molar-refractivity contribution >= 4 is 22.7 Å². The van der Waals surface area contributed by atoms with Crippen molar-refractivity contribution in [2.45, 2.75) is 32.1 Å². The molecule has 0 saturated carbocycles. The lowest BCUT2D eigenvalue weighted by Crippen LogP contribution is -2.28. The minimum absolute atomic E-state index is 0.143. The van der Waals surface area contributed by atoms with Gasteiger partial charge in [-0.2, -0.15) is 0 Å². The number of alkyl halides is 2. The molecule has 128 valence electrons. The number of carbonyl (C=O) groups is 1. The summed E-state index contributed by atoms with van der Waals surface area (Å²) in [7, 11) is 0. The van der Waals surface area contributed by atoms with E-state index in [0.29, 0.717) is 35.2 Å². The maximum atomic E-state index is 13.6. The van der Waals surface area contributed by atoms with Crippen molar-refractivity contribution in [1.29, 1.82) is 0 Å². The average molecular weight is 335 g/mol. The zero-order valence-corrected chi connectivity index (χ0v) is 13.5. The van der Waals surface area contributed by atoms with Crippen molar-refractivity contribution in [2.75, 3.05) is 24.6 Å². The van der Waals surface area contributed by atoms with Gasteiger partial charge in [-0.15, -0.1) is 0 Å². The fourth-order valence-corrected chi connectivity index (χ4v) is 2.88. The molecule has 3 rings (SSSR count). The molecule has 5 nitrogen and oxygen atoms in total. The van der Waals surface area contributed by atoms with Gasteiger partial charge in [0.2, 0.25) is 5.92 Å². The van der Waals surface area contributed by atoms with Crippen LogP contribution < -0.4 is 4.90 Å². The second-order valence-corrected chi connectivity index (χ2v) is 5.84. The fraction of sp³-hybridized carbons (Fsp3) is 0.471. The van der Waals surface area contributed by atoms with Gasteiger partial charge in [0.1, 0.15) is 11.4 Å². The lowest BCUT2D eigenvalue weighted by Gasteiger charge is -2.24. The number of rotatable bonds is 3. The molecule has 1 fully saturated rings. The third kappa shape index (κ3) is 3.44. The summed E-state index contributed by atoms with van der Waals surface area (Å²) in [5.41, 5.74) is 0.964. The summed E-state index contributed by atoms with van der Waals surface area (Å²) in [5.74, 6) is -2.76. The predicted octanol–water partition coefficient (Wildman–Crippen LogP) is 3.43. The Bertz CT molecular complexity index is 752. The summed E-state index contributed by atoms with van der Waals surface area (Å²) in [4.78, 5) is 22.6. The van der Waals surface area contributed by atoms with Gasteiger partial charge in [0.15, 0.2) is 0 Å². The smallest absolute Gasteiger partial charge is 0.341 e. The first kappa shape index (κ1) is 16.5. The van der Waals surface area contributed by atoms with Crippen LogP contribution in [0.1, 0.15) is 36.5 Å². The highest BCUT2D eigenvalue weighted by Gasteiger charge is 2.33. The summed E-state index contributed by atoms with van der Waals surface area (Å²) >= 11 is 0. The van der Waals surface area contributed by atoms with Gasteiger partial charge in [0.05, 0.1) is 12.1 Å². The van der Waals surface area contributed by atoms with Crippen LogP contribution in [0.15, 0.2) is 24.5 Å². The first-order chi connectivity index (χ1) is 11.5. The molecular weight excluding hydrogens is 316 g/mol. The van der Waals surface area contributed by atoms with Gasteiger partial charge in [-0.05, 0) is 25.5 Å². The monoisotopic (exact) mass is 335 g/mol. The second-order valence-electron chi connectivity index (χ2n) is 5.84. The molecule has 1 aliphatic heterocycles. The molecule has 0 bridgehead atoms. The molecule has 2 aromatic heterocycles. The number of esters is 1. The second kappa shape index (κ2) is 6.67. The van der Waals surface area contributed by atoms with Crippen molar-refractivity contribution in [1.82, 2.24) is 9.97 Å². The third-order valence-electron chi connectivity index (χ3n) is 4.11. The average Bonchev–Trinajstić information content (AvgIpc) is 2.74. The van der Waals surface area contributed by atoms with Crippen molar-refractivity contribution in [3.8, 4) is 0 Å². The molecule has 0 radical (unpaired) electrons. The van der Waals surface area contributed by atoms with E-state index in [0.717, 1.165) is 0 Å². The van der Waals surface area contributed by atoms with Crippen LogP contribution in [0.5, 0.6) is 0 Å². The van der Waals surface area contributed by atoms with Gasteiger partial charge < -0.3 is 9.64 Å². The zero-order valence-electron chi connectivity index (χ0n) is 13.5. The minimum Gasteiger partial charge on any atom is -0.462 e. The van der Waals surface area contributed by atoms with E-state index in [1.165, 1.54) is 0 Å². The molecule has 2 aromatic rings. The quantitative estimate of drug-likeness (QED) is 0.804. The molecule has 0 spiro atoms. The highest BCUT2D eigenvalue weighted by atomic mass is 19.3. The summed E-state index contributed by atoms with van der Waals surface area (Å²) in [6.07, 6.45) is 3.19. The Morgan fingerprint density at radius 3 is 3.00 bits per heavy atom. The van der Waals surface area contributed by atoms with Gasteiger partial charge in [-0.25, -0.2) is 18.6 Å². The Kier molecular flexibility index (Phi) is 4.59. The van der Waals surface area contributed by atoms with Crippen LogP contribution in [0, 0.1) is 0 Å². The number of nitrogens with zero attached hydrogens (tertiary/aromatic N) is 3. The van der Waals surface area contributed by atoms with Gasteiger partial charge in [0, 0.05) is 43.7 Å². The van der Waals surface area contributed by atoms with Gasteiger partial charge in [0.25, 0.3) is 0 Å². The standard InChI is InChI=1S/C17H19F2N3O2/c1-2-24-16(23)13-10-12-11-20-7-4-14(12)21-15(13)22-8-3-5-17(18,19)6-9-22/h4,7,10-11H,2-3,5-6,8-9H2,1H3. The van der Waals surface area contributed by atoms with Crippen molar-refractivity contribution in [3.63, 3.8) is 0 Å². The molecule has 0 aliphatic carbocycles. The van der Waals surface area contributed by atoms with Crippen molar-refractivity contribution in [2.24, 2.45) is 0 Å². The van der Waals surface area contributed by atoms with Crippen molar-refractivity contribution < 1.29 is 18.3 Å². The largest absolute Gasteiger partial charge is 0.462 e. The van der Waals surface area contributed by atoms with Crippen LogP contribution in [-0.4, -0.2) is 41.6 Å². The Hall–Kier alpha value is -2.31. The number of ether oxygens (including phenoxy) is 1. The highest BCUT2D eigenvalue weighted by Crippen LogP contribution is 2.31. The Morgan fingerprint density at radius 2 is 2.21 bits per heavy atom. The molecule has 0 aromatic carbocycles. The highest BCUT2D eigenvalue weighted by molar-refractivity contribution is 5.99. The molecule has 3 heterocycles. The van der Waals surface area contributed by atoms with Crippen LogP contribution >= 0.6 is 0 Å². The first-order valence-corrected chi connectivity index (χ1v) is 8.05. The molecule has 0 amide bonds. The number of hydrogen-bond donors (Lipinski definition) is 0. The lowest BCUT2D eigenvalue weighted by atomic mass is 10.1. The third-order valence-corrected chi connectivity index (χ3v) is 4.11. The van der Waals surface area contributed by atoms with Crippen LogP contribution in [0.4, 0.5) is 14.6 Å². The van der Waals surface area contributed by atoms with Crippen LogP contribution in [0.3, 0.4) is 0 Å². The summed E-state index contributed by atoms with van der Waals surface area (Å²) in [6.45, 7) is 2.55. The van der Waals surface area contributed by atoms with E-state index in [2.05, 4.69) is 9.97 Å². The van der Waals surface area contributed by atoms with E-state index >= 15 is 0 Å². The molecule has 24 heavy (non-hydrogen) atoms. The maximum absolute atomic E-state index is 13.6. The lowest BCUT2D eigenvalue weighted by molar-refractivity contribution is -0.0102. The van der Waals surface area contributed by atoms with Crippen molar-refractivity contribution in [3.05, 3.63) is 30.1 Å². The van der Waals surface area contributed by atoms with Crippen LogP contribution in [0.25, 0.3) is 10.9 Å². The molecular formula is C17H19F2N3O2. The van der Waals surface area contributed by atoms with Gasteiger partial charge in [-0.3, -0.25) is 4.98 Å². The molecule has 1 saturated heterocycles. The molecule has 7 heteroatoms. The summed E-state index contributed by atoms with van der Waals surface area (Å²) in [6, 6.07) is 3.41.